The third-order valence-electron chi connectivity index (χ3n) is 2.45. The third-order valence-corrected chi connectivity index (χ3v) is 2.45. The molecule has 0 bridgehead atoms. The third kappa shape index (κ3) is 3.92. The number of aryl methyl sites for hydroxylation is 1. The van der Waals surface area contributed by atoms with E-state index in [1.807, 2.05) is 25.1 Å². The van der Waals surface area contributed by atoms with Crippen LogP contribution in [0.5, 0.6) is 0 Å². The summed E-state index contributed by atoms with van der Waals surface area (Å²) in [5, 5.41) is 15.4. The number of hydrogen-bond donors (Lipinski definition) is 2. The lowest BCUT2D eigenvalue weighted by atomic mass is 10.1. The molecule has 3 heteroatoms. The molecule has 0 radical (unpaired) electrons. The van der Waals surface area contributed by atoms with Crippen molar-refractivity contribution in [2.45, 2.75) is 20.3 Å². The monoisotopic (exact) mass is 217 g/mol. The quantitative estimate of drug-likeness (QED) is 0.719. The van der Waals surface area contributed by atoms with E-state index in [0.717, 1.165) is 42.9 Å². The first-order valence-electron chi connectivity index (χ1n) is 5.73. The first kappa shape index (κ1) is 12.5. The van der Waals surface area contributed by atoms with Crippen LogP contribution in [-0.4, -0.2) is 19.6 Å². The fraction of sp³-hybridized carbons (Fsp3) is 0.462. The molecule has 0 amide bonds. The van der Waals surface area contributed by atoms with Gasteiger partial charge in [-0.15, -0.1) is 0 Å². The first-order chi connectivity index (χ1) is 7.77. The molecule has 0 fully saturated rings. The molecular formula is C13H19N3. The van der Waals surface area contributed by atoms with Crippen molar-refractivity contribution in [3.63, 3.8) is 0 Å². The molecule has 3 nitrogen and oxygen atoms in total. The Morgan fingerprint density at radius 1 is 1.31 bits per heavy atom. The van der Waals surface area contributed by atoms with Crippen molar-refractivity contribution in [3.8, 4) is 6.07 Å². The standard InChI is InChI=1S/C13H19N3/c1-3-15-7-4-8-16-13-6-5-12(10-14)9-11(13)2/h5-6,9,15-16H,3-4,7-8H2,1-2H3. The van der Waals surface area contributed by atoms with Crippen molar-refractivity contribution >= 4 is 5.69 Å². The van der Waals surface area contributed by atoms with Crippen molar-refractivity contribution in [2.75, 3.05) is 25.0 Å². The number of hydrogen-bond acceptors (Lipinski definition) is 3. The summed E-state index contributed by atoms with van der Waals surface area (Å²) >= 11 is 0. The van der Waals surface area contributed by atoms with Crippen molar-refractivity contribution in [1.82, 2.24) is 5.32 Å². The second-order valence-electron chi connectivity index (χ2n) is 3.78. The van der Waals surface area contributed by atoms with E-state index >= 15 is 0 Å². The Balaban J connectivity index is 2.40. The van der Waals surface area contributed by atoms with Crippen LogP contribution in [0.3, 0.4) is 0 Å². The number of nitriles is 1. The largest absolute Gasteiger partial charge is 0.385 e. The van der Waals surface area contributed by atoms with E-state index in [2.05, 4.69) is 23.6 Å². The van der Waals surface area contributed by atoms with Gasteiger partial charge in [-0.3, -0.25) is 0 Å². The Morgan fingerprint density at radius 3 is 2.75 bits per heavy atom. The van der Waals surface area contributed by atoms with E-state index < -0.39 is 0 Å². The summed E-state index contributed by atoms with van der Waals surface area (Å²) in [5.74, 6) is 0. The summed E-state index contributed by atoms with van der Waals surface area (Å²) in [6, 6.07) is 7.87. The summed E-state index contributed by atoms with van der Waals surface area (Å²) < 4.78 is 0. The van der Waals surface area contributed by atoms with Gasteiger partial charge in [0.15, 0.2) is 0 Å². The average Bonchev–Trinajstić information content (AvgIpc) is 2.30. The summed E-state index contributed by atoms with van der Waals surface area (Å²) in [7, 11) is 0. The van der Waals surface area contributed by atoms with E-state index in [-0.39, 0.29) is 0 Å². The van der Waals surface area contributed by atoms with Crippen LogP contribution in [0.1, 0.15) is 24.5 Å². The zero-order chi connectivity index (χ0) is 11.8. The maximum Gasteiger partial charge on any atom is 0.0991 e. The van der Waals surface area contributed by atoms with Crippen molar-refractivity contribution in [3.05, 3.63) is 29.3 Å². The zero-order valence-electron chi connectivity index (χ0n) is 10.0. The smallest absolute Gasteiger partial charge is 0.0991 e. The molecule has 1 aromatic rings. The van der Waals surface area contributed by atoms with Crippen LogP contribution in [0.25, 0.3) is 0 Å². The number of anilines is 1. The molecule has 0 spiro atoms. The van der Waals surface area contributed by atoms with Crippen molar-refractivity contribution in [1.29, 1.82) is 5.26 Å². The summed E-state index contributed by atoms with van der Waals surface area (Å²) in [4.78, 5) is 0. The highest BCUT2D eigenvalue weighted by Gasteiger charge is 1.98. The molecule has 1 aromatic carbocycles. The Labute approximate surface area is 97.5 Å². The van der Waals surface area contributed by atoms with E-state index in [0.29, 0.717) is 0 Å². The molecule has 0 unspecified atom stereocenters. The van der Waals surface area contributed by atoms with Gasteiger partial charge in [0.05, 0.1) is 11.6 Å². The molecule has 0 aliphatic rings. The highest BCUT2D eigenvalue weighted by Crippen LogP contribution is 2.15. The van der Waals surface area contributed by atoms with Gasteiger partial charge in [0.2, 0.25) is 0 Å². The zero-order valence-corrected chi connectivity index (χ0v) is 10.0. The lowest BCUT2D eigenvalue weighted by molar-refractivity contribution is 0.688. The van der Waals surface area contributed by atoms with Crippen LogP contribution in [-0.2, 0) is 0 Å². The predicted molar refractivity (Wildman–Crippen MR) is 67.5 cm³/mol. The molecule has 0 saturated heterocycles. The fourth-order valence-corrected chi connectivity index (χ4v) is 1.54. The van der Waals surface area contributed by atoms with Crippen molar-refractivity contribution in [2.24, 2.45) is 0 Å². The van der Waals surface area contributed by atoms with Crippen molar-refractivity contribution < 1.29 is 0 Å². The van der Waals surface area contributed by atoms with Crippen LogP contribution < -0.4 is 10.6 Å². The summed E-state index contributed by atoms with van der Waals surface area (Å²) in [6.07, 6.45) is 1.10. The predicted octanol–water partition coefficient (Wildman–Crippen LogP) is 2.28. The second kappa shape index (κ2) is 6.86. The average molecular weight is 217 g/mol. The number of rotatable bonds is 6. The van der Waals surface area contributed by atoms with Crippen LogP contribution in [0.4, 0.5) is 5.69 Å². The van der Waals surface area contributed by atoms with Crippen LogP contribution in [0, 0.1) is 18.3 Å². The van der Waals surface area contributed by atoms with Gasteiger partial charge in [-0.2, -0.15) is 5.26 Å². The highest BCUT2D eigenvalue weighted by molar-refractivity contribution is 5.53. The number of nitrogens with zero attached hydrogens (tertiary/aromatic N) is 1. The molecule has 86 valence electrons. The highest BCUT2D eigenvalue weighted by atomic mass is 14.9. The molecule has 0 saturated carbocycles. The second-order valence-corrected chi connectivity index (χ2v) is 3.78. The molecule has 0 atom stereocenters. The van der Waals surface area contributed by atoms with Crippen LogP contribution in [0.2, 0.25) is 0 Å². The lowest BCUT2D eigenvalue weighted by Gasteiger charge is -2.09. The minimum absolute atomic E-state index is 0.718. The molecule has 0 aliphatic heterocycles. The molecule has 0 aromatic heterocycles. The molecule has 2 N–H and O–H groups in total. The van der Waals surface area contributed by atoms with Gasteiger partial charge < -0.3 is 10.6 Å². The molecule has 1 rings (SSSR count). The number of benzene rings is 1. The molecule has 16 heavy (non-hydrogen) atoms. The van der Waals surface area contributed by atoms with Gasteiger partial charge in [-0.25, -0.2) is 0 Å². The minimum atomic E-state index is 0.718. The van der Waals surface area contributed by atoms with Crippen LogP contribution >= 0.6 is 0 Å². The van der Waals surface area contributed by atoms with E-state index in [1.54, 1.807) is 0 Å². The molecule has 0 aliphatic carbocycles. The maximum atomic E-state index is 8.75. The molecular weight excluding hydrogens is 198 g/mol. The summed E-state index contributed by atoms with van der Waals surface area (Å²) in [5.41, 5.74) is 2.97. The number of nitrogens with one attached hydrogen (secondary N) is 2. The van der Waals surface area contributed by atoms with Crippen LogP contribution in [0.15, 0.2) is 18.2 Å². The van der Waals surface area contributed by atoms with E-state index in [9.17, 15) is 0 Å². The minimum Gasteiger partial charge on any atom is -0.385 e. The Kier molecular flexibility index (Phi) is 5.38. The van der Waals surface area contributed by atoms with Gasteiger partial charge in [0, 0.05) is 12.2 Å². The van der Waals surface area contributed by atoms with Gasteiger partial charge >= 0.3 is 0 Å². The van der Waals surface area contributed by atoms with Gasteiger partial charge in [0.1, 0.15) is 0 Å². The van der Waals surface area contributed by atoms with Gasteiger partial charge in [-0.1, -0.05) is 6.92 Å². The Bertz CT molecular complexity index is 366. The van der Waals surface area contributed by atoms with E-state index in [4.69, 9.17) is 5.26 Å². The Hall–Kier alpha value is -1.53. The topological polar surface area (TPSA) is 47.8 Å². The normalized spacial score (nSPS) is 9.81. The maximum absolute atomic E-state index is 8.75. The lowest BCUT2D eigenvalue weighted by Crippen LogP contribution is -2.17. The van der Waals surface area contributed by atoms with E-state index in [1.165, 1.54) is 0 Å². The Morgan fingerprint density at radius 2 is 2.12 bits per heavy atom. The molecule has 0 heterocycles. The SMILES string of the molecule is CCNCCCNc1ccc(C#N)cc1C. The summed E-state index contributed by atoms with van der Waals surface area (Å²) in [6.45, 7) is 7.15. The first-order valence-corrected chi connectivity index (χ1v) is 5.73. The van der Waals surface area contributed by atoms with Gasteiger partial charge in [0.25, 0.3) is 0 Å². The van der Waals surface area contributed by atoms with Gasteiger partial charge in [-0.05, 0) is 50.2 Å². The fourth-order valence-electron chi connectivity index (χ4n) is 1.54.